The smallest absolute Gasteiger partial charge is 0.372 e. The first kappa shape index (κ1) is 22.2. The number of imidazole rings is 1. The van der Waals surface area contributed by atoms with E-state index in [0.717, 1.165) is 34.9 Å². The fourth-order valence-corrected chi connectivity index (χ4v) is 4.20. The van der Waals surface area contributed by atoms with E-state index in [-0.39, 0.29) is 17.7 Å². The van der Waals surface area contributed by atoms with E-state index < -0.39 is 17.6 Å². The monoisotopic (exact) mass is 447 g/mol. The molecule has 0 bridgehead atoms. The average molecular weight is 447 g/mol. The van der Waals surface area contributed by atoms with Gasteiger partial charge in [-0.25, -0.2) is 4.98 Å². The van der Waals surface area contributed by atoms with Crippen molar-refractivity contribution in [3.05, 3.63) is 53.1 Å². The molecule has 2 aliphatic rings. The molecule has 0 saturated carbocycles. The molecule has 2 atom stereocenters. The lowest BCUT2D eigenvalue weighted by Gasteiger charge is -2.35. The average Bonchev–Trinajstić information content (AvgIpc) is 3.38. The van der Waals surface area contributed by atoms with Crippen LogP contribution in [0.3, 0.4) is 0 Å². The molecule has 170 valence electrons. The van der Waals surface area contributed by atoms with E-state index in [0.29, 0.717) is 25.9 Å². The van der Waals surface area contributed by atoms with Crippen LogP contribution in [0.1, 0.15) is 46.6 Å². The van der Waals surface area contributed by atoms with E-state index in [1.54, 1.807) is 13.4 Å². The highest BCUT2D eigenvalue weighted by molar-refractivity contribution is 6.16. The summed E-state index contributed by atoms with van der Waals surface area (Å²) in [5.41, 5.74) is 2.57. The number of ether oxygens (including phenoxy) is 1. The minimum atomic E-state index is -4.50. The van der Waals surface area contributed by atoms with Gasteiger partial charge in [0.25, 0.3) is 5.91 Å². The molecule has 4 rings (SSSR count). The van der Waals surface area contributed by atoms with Crippen LogP contribution in [0, 0.1) is 6.92 Å². The van der Waals surface area contributed by atoms with Gasteiger partial charge < -0.3 is 14.2 Å². The fraction of sp³-hybridized carbons (Fsp3) is 0.455. The van der Waals surface area contributed by atoms with Crippen molar-refractivity contribution in [2.24, 2.45) is 17.3 Å². The van der Waals surface area contributed by atoms with Gasteiger partial charge in [0.1, 0.15) is 0 Å². The first-order chi connectivity index (χ1) is 15.1. The third-order valence-corrected chi connectivity index (χ3v) is 5.97. The van der Waals surface area contributed by atoms with Gasteiger partial charge in [0, 0.05) is 38.7 Å². The summed E-state index contributed by atoms with van der Waals surface area (Å²) < 4.78 is 46.9. The van der Waals surface area contributed by atoms with Gasteiger partial charge in [-0.2, -0.15) is 23.4 Å². The van der Waals surface area contributed by atoms with E-state index >= 15 is 0 Å². The number of carbonyl (C=O) groups excluding carboxylic acids is 1. The first-order valence-electron chi connectivity index (χ1n) is 10.3. The predicted molar refractivity (Wildman–Crippen MR) is 113 cm³/mol. The lowest BCUT2D eigenvalue weighted by molar-refractivity contribution is -0.137. The Morgan fingerprint density at radius 2 is 2.06 bits per heavy atom. The molecule has 2 aliphatic heterocycles. The minimum absolute atomic E-state index is 0.0147. The van der Waals surface area contributed by atoms with Crippen molar-refractivity contribution in [1.29, 1.82) is 0 Å². The van der Waals surface area contributed by atoms with Gasteiger partial charge in [-0.15, -0.1) is 0 Å². The van der Waals surface area contributed by atoms with Crippen molar-refractivity contribution in [2.75, 3.05) is 13.7 Å². The number of aromatic nitrogens is 2. The summed E-state index contributed by atoms with van der Waals surface area (Å²) in [5, 5.41) is 8.64. The third kappa shape index (κ3) is 4.32. The number of hydrogen-bond donors (Lipinski definition) is 0. The number of aryl methyl sites for hydroxylation is 2. The Hall–Kier alpha value is -3.01. The van der Waals surface area contributed by atoms with Crippen molar-refractivity contribution in [3.8, 4) is 0 Å². The summed E-state index contributed by atoms with van der Waals surface area (Å²) >= 11 is 0. The topological polar surface area (TPSA) is 72.1 Å². The van der Waals surface area contributed by atoms with Gasteiger partial charge in [0.2, 0.25) is 0 Å². The van der Waals surface area contributed by atoms with E-state index in [1.165, 1.54) is 17.0 Å². The molecule has 7 nitrogen and oxygen atoms in total. The molecular formula is C22H24F3N5O2. The zero-order valence-electron chi connectivity index (χ0n) is 18.1. The number of carbonyl (C=O) groups is 1. The van der Waals surface area contributed by atoms with Crippen LogP contribution in [-0.4, -0.2) is 57.6 Å². The van der Waals surface area contributed by atoms with Crippen molar-refractivity contribution >= 4 is 17.3 Å². The molecule has 0 unspecified atom stereocenters. The second kappa shape index (κ2) is 8.50. The summed E-state index contributed by atoms with van der Waals surface area (Å²) in [6.45, 7) is 2.34. The van der Waals surface area contributed by atoms with Gasteiger partial charge in [0.05, 0.1) is 40.8 Å². The molecule has 1 fully saturated rings. The zero-order valence-corrected chi connectivity index (χ0v) is 18.1. The van der Waals surface area contributed by atoms with Gasteiger partial charge in [-0.1, -0.05) is 6.07 Å². The van der Waals surface area contributed by atoms with Crippen molar-refractivity contribution < 1.29 is 22.7 Å². The van der Waals surface area contributed by atoms with Crippen molar-refractivity contribution in [1.82, 2.24) is 14.5 Å². The molecule has 0 N–H and O–H groups in total. The number of amides is 1. The molecule has 1 amide bonds. The molecule has 2 aromatic rings. The Kier molecular flexibility index (Phi) is 5.89. The van der Waals surface area contributed by atoms with Crippen molar-refractivity contribution in [2.45, 2.75) is 44.5 Å². The molecule has 0 radical (unpaired) electrons. The van der Waals surface area contributed by atoms with Crippen molar-refractivity contribution in [3.63, 3.8) is 0 Å². The Labute approximate surface area is 183 Å². The van der Waals surface area contributed by atoms with Gasteiger partial charge in [-0.3, -0.25) is 4.79 Å². The van der Waals surface area contributed by atoms with Crippen LogP contribution in [0.4, 0.5) is 13.2 Å². The molecule has 1 aromatic heterocycles. The van der Waals surface area contributed by atoms with Crippen LogP contribution in [0.5, 0.6) is 0 Å². The largest absolute Gasteiger partial charge is 0.416 e. The Morgan fingerprint density at radius 3 is 2.75 bits per heavy atom. The zero-order chi connectivity index (χ0) is 23.0. The summed E-state index contributed by atoms with van der Waals surface area (Å²) in [7, 11) is 3.52. The van der Waals surface area contributed by atoms with Crippen LogP contribution in [0.15, 0.2) is 40.8 Å². The lowest BCUT2D eigenvalue weighted by atomic mass is 9.95. The molecule has 0 aliphatic carbocycles. The highest BCUT2D eigenvalue weighted by Gasteiger charge is 2.35. The Bertz CT molecular complexity index is 1070. The van der Waals surface area contributed by atoms with Crippen LogP contribution in [-0.2, 0) is 18.0 Å². The number of hydrogen-bond acceptors (Lipinski definition) is 5. The molecule has 1 aromatic carbocycles. The van der Waals surface area contributed by atoms with E-state index in [4.69, 9.17) is 4.74 Å². The van der Waals surface area contributed by atoms with E-state index in [9.17, 15) is 18.0 Å². The summed E-state index contributed by atoms with van der Waals surface area (Å²) in [6, 6.07) is 4.33. The van der Waals surface area contributed by atoms with Crippen LogP contribution < -0.4 is 0 Å². The van der Waals surface area contributed by atoms with Crippen LogP contribution >= 0.6 is 0 Å². The lowest BCUT2D eigenvalue weighted by Crippen LogP contribution is -2.45. The highest BCUT2D eigenvalue weighted by atomic mass is 19.4. The Morgan fingerprint density at radius 1 is 1.28 bits per heavy atom. The predicted octanol–water partition coefficient (Wildman–Crippen LogP) is 3.62. The standard InChI is InChI=1S/C22H24F3N5O2/c1-13-20(29(2)12-26-13)18-11-17(27-28-18)19-10-16(7-8-32-19)30(3)21(31)14-5-4-6-15(9-14)22(23,24)25/h4-6,9,12,16,19H,7-8,10-11H2,1-3H3/t16-,19+/m1/s1. The number of nitrogens with zero attached hydrogens (tertiary/aromatic N) is 5. The normalized spacial score (nSPS) is 21.3. The SMILES string of the molecule is Cc1ncn(C)c1C1=NN=C([C@@H]2C[C@H](N(C)C(=O)c3cccc(C(F)(F)F)c3)CCO2)C1. The summed E-state index contributed by atoms with van der Waals surface area (Å²) in [4.78, 5) is 18.7. The maximum Gasteiger partial charge on any atom is 0.416 e. The maximum absolute atomic E-state index is 13.0. The Balaban J connectivity index is 1.43. The minimum Gasteiger partial charge on any atom is -0.372 e. The quantitative estimate of drug-likeness (QED) is 0.719. The van der Waals surface area contributed by atoms with Gasteiger partial charge >= 0.3 is 6.18 Å². The first-order valence-corrected chi connectivity index (χ1v) is 10.3. The number of rotatable bonds is 4. The summed E-state index contributed by atoms with van der Waals surface area (Å²) in [5.74, 6) is -0.447. The number of benzene rings is 1. The molecule has 1 saturated heterocycles. The van der Waals surface area contributed by atoms with Crippen LogP contribution in [0.2, 0.25) is 0 Å². The second-order valence-electron chi connectivity index (χ2n) is 8.14. The summed E-state index contributed by atoms with van der Waals surface area (Å²) in [6.07, 6.45) is -1.44. The molecule has 32 heavy (non-hydrogen) atoms. The molecule has 3 heterocycles. The third-order valence-electron chi connectivity index (χ3n) is 5.97. The van der Waals surface area contributed by atoms with E-state index in [2.05, 4.69) is 15.2 Å². The fourth-order valence-electron chi connectivity index (χ4n) is 4.20. The highest BCUT2D eigenvalue weighted by Crippen LogP contribution is 2.30. The number of alkyl halides is 3. The van der Waals surface area contributed by atoms with Gasteiger partial charge in [0.15, 0.2) is 0 Å². The van der Waals surface area contributed by atoms with E-state index in [1.807, 2.05) is 18.5 Å². The van der Waals surface area contributed by atoms with Gasteiger partial charge in [-0.05, 0) is 38.0 Å². The maximum atomic E-state index is 13.0. The second-order valence-corrected chi connectivity index (χ2v) is 8.14. The molecular weight excluding hydrogens is 423 g/mol. The number of halogens is 3. The molecule has 0 spiro atoms. The van der Waals surface area contributed by atoms with Crippen LogP contribution in [0.25, 0.3) is 0 Å². The molecule has 10 heteroatoms.